The van der Waals surface area contributed by atoms with Crippen LogP contribution in [0.15, 0.2) is 29.2 Å². The third kappa shape index (κ3) is 3.33. The molecule has 0 aliphatic rings. The largest absolute Gasteiger partial charge is 0.396 e. The van der Waals surface area contributed by atoms with E-state index in [0.717, 1.165) is 5.56 Å². The number of sulfonamides is 1. The molecule has 0 fully saturated rings. The fourth-order valence-electron chi connectivity index (χ4n) is 1.57. The van der Waals surface area contributed by atoms with E-state index < -0.39 is 10.0 Å². The summed E-state index contributed by atoms with van der Waals surface area (Å²) in [6, 6.07) is 6.48. The molecule has 0 heterocycles. The number of nitrogens with zero attached hydrogens (tertiary/aromatic N) is 1. The first-order valence-electron chi connectivity index (χ1n) is 5.69. The van der Waals surface area contributed by atoms with Gasteiger partial charge in [0.1, 0.15) is 0 Å². The van der Waals surface area contributed by atoms with Crippen molar-refractivity contribution in [3.05, 3.63) is 29.8 Å². The highest BCUT2D eigenvalue weighted by Crippen LogP contribution is 2.16. The van der Waals surface area contributed by atoms with E-state index in [-0.39, 0.29) is 18.0 Å². The van der Waals surface area contributed by atoms with E-state index in [1.807, 2.05) is 0 Å². The van der Waals surface area contributed by atoms with Gasteiger partial charge >= 0.3 is 0 Å². The third-order valence-corrected chi connectivity index (χ3v) is 4.52. The van der Waals surface area contributed by atoms with Crippen LogP contribution in [0.1, 0.15) is 12.5 Å². The number of hydrogen-bond acceptors (Lipinski definition) is 3. The van der Waals surface area contributed by atoms with Gasteiger partial charge in [0.05, 0.1) is 11.4 Å². The van der Waals surface area contributed by atoms with Crippen molar-refractivity contribution in [2.75, 3.05) is 19.7 Å². The Balaban J connectivity index is 3.01. The van der Waals surface area contributed by atoms with E-state index in [9.17, 15) is 8.42 Å². The number of benzene rings is 1. The van der Waals surface area contributed by atoms with E-state index in [1.165, 1.54) is 4.31 Å². The van der Waals surface area contributed by atoms with Crippen LogP contribution in [-0.4, -0.2) is 37.5 Å². The van der Waals surface area contributed by atoms with Crippen LogP contribution in [0.5, 0.6) is 0 Å². The second-order valence-corrected chi connectivity index (χ2v) is 5.69. The quantitative estimate of drug-likeness (QED) is 0.778. The van der Waals surface area contributed by atoms with Gasteiger partial charge in [0.15, 0.2) is 0 Å². The van der Waals surface area contributed by atoms with Gasteiger partial charge in [-0.05, 0) is 24.1 Å². The maximum Gasteiger partial charge on any atom is 0.243 e. The van der Waals surface area contributed by atoms with Crippen molar-refractivity contribution in [1.82, 2.24) is 4.31 Å². The molecule has 5 heteroatoms. The van der Waals surface area contributed by atoms with Crippen LogP contribution in [0.2, 0.25) is 0 Å². The molecule has 0 radical (unpaired) electrons. The molecular weight excluding hydrogens is 250 g/mol. The molecule has 1 aromatic carbocycles. The van der Waals surface area contributed by atoms with Gasteiger partial charge < -0.3 is 5.11 Å². The maximum atomic E-state index is 12.2. The van der Waals surface area contributed by atoms with Crippen LogP contribution in [0.4, 0.5) is 0 Å². The van der Waals surface area contributed by atoms with E-state index in [0.29, 0.717) is 13.0 Å². The molecule has 0 bridgehead atoms. The van der Waals surface area contributed by atoms with Gasteiger partial charge in [-0.1, -0.05) is 25.0 Å². The van der Waals surface area contributed by atoms with E-state index in [4.69, 9.17) is 11.5 Å². The van der Waals surface area contributed by atoms with Gasteiger partial charge in [-0.25, -0.2) is 8.42 Å². The smallest absolute Gasteiger partial charge is 0.243 e. The van der Waals surface area contributed by atoms with Gasteiger partial charge in [0, 0.05) is 13.2 Å². The van der Waals surface area contributed by atoms with Crippen molar-refractivity contribution < 1.29 is 13.5 Å². The summed E-state index contributed by atoms with van der Waals surface area (Å²) in [6.45, 7) is 2.20. The molecule has 0 aliphatic carbocycles. The van der Waals surface area contributed by atoms with Crippen molar-refractivity contribution in [2.24, 2.45) is 0 Å². The zero-order valence-corrected chi connectivity index (χ0v) is 11.2. The van der Waals surface area contributed by atoms with Gasteiger partial charge in [-0.3, -0.25) is 0 Å². The lowest BCUT2D eigenvalue weighted by Crippen LogP contribution is -2.31. The highest BCUT2D eigenvalue weighted by molar-refractivity contribution is 7.89. The normalized spacial score (nSPS) is 11.4. The van der Waals surface area contributed by atoms with Gasteiger partial charge in [0.2, 0.25) is 10.0 Å². The number of rotatable bonds is 6. The summed E-state index contributed by atoms with van der Waals surface area (Å²) in [4.78, 5) is 0.223. The minimum Gasteiger partial charge on any atom is -0.396 e. The molecule has 98 valence electrons. The molecule has 0 atom stereocenters. The van der Waals surface area contributed by atoms with E-state index in [2.05, 4.69) is 5.92 Å². The van der Waals surface area contributed by atoms with Crippen LogP contribution in [0.25, 0.3) is 0 Å². The van der Waals surface area contributed by atoms with Crippen LogP contribution in [0, 0.1) is 12.3 Å². The molecule has 0 saturated heterocycles. The Morgan fingerprint density at radius 2 is 1.94 bits per heavy atom. The van der Waals surface area contributed by atoms with Crippen molar-refractivity contribution in [3.8, 4) is 12.3 Å². The molecule has 0 saturated carbocycles. The molecule has 0 spiro atoms. The molecule has 1 N–H and O–H groups in total. The highest BCUT2D eigenvalue weighted by atomic mass is 32.2. The lowest BCUT2D eigenvalue weighted by Gasteiger charge is -2.17. The van der Waals surface area contributed by atoms with Crippen molar-refractivity contribution >= 4 is 10.0 Å². The number of aliphatic hydroxyl groups is 1. The first-order chi connectivity index (χ1) is 8.56. The standard InChI is InChI=1S/C13H17NO3S/c1-3-10-14(4-2)18(16,17)13-7-5-12(6-8-13)9-11-15/h1,5-8,15H,4,9-11H2,2H3. The van der Waals surface area contributed by atoms with E-state index >= 15 is 0 Å². The minimum atomic E-state index is -3.52. The molecule has 0 aromatic heterocycles. The Hall–Kier alpha value is -1.35. The summed E-state index contributed by atoms with van der Waals surface area (Å²) in [7, 11) is -3.52. The molecule has 1 rings (SSSR count). The Kier molecular flexibility index (Phi) is 5.35. The summed E-state index contributed by atoms with van der Waals surface area (Å²) in [5, 5.41) is 8.80. The molecule has 18 heavy (non-hydrogen) atoms. The lowest BCUT2D eigenvalue weighted by molar-refractivity contribution is 0.299. The average molecular weight is 267 g/mol. The minimum absolute atomic E-state index is 0.0459. The van der Waals surface area contributed by atoms with Crippen molar-refractivity contribution in [1.29, 1.82) is 0 Å². The summed E-state index contributed by atoms with van der Waals surface area (Å²) >= 11 is 0. The van der Waals surface area contributed by atoms with Gasteiger partial charge in [-0.2, -0.15) is 4.31 Å². The fourth-order valence-corrected chi connectivity index (χ4v) is 2.94. The number of hydrogen-bond donors (Lipinski definition) is 1. The average Bonchev–Trinajstić information content (AvgIpc) is 2.36. The lowest BCUT2D eigenvalue weighted by atomic mass is 10.2. The Bertz CT molecular complexity index is 514. The van der Waals surface area contributed by atoms with Crippen LogP contribution < -0.4 is 0 Å². The van der Waals surface area contributed by atoms with Gasteiger partial charge in [0.25, 0.3) is 0 Å². The van der Waals surface area contributed by atoms with Crippen molar-refractivity contribution in [2.45, 2.75) is 18.2 Å². The van der Waals surface area contributed by atoms with Crippen molar-refractivity contribution in [3.63, 3.8) is 0 Å². The number of aliphatic hydroxyl groups excluding tert-OH is 1. The molecular formula is C13H17NO3S. The first kappa shape index (κ1) is 14.7. The summed E-state index contributed by atoms with van der Waals surface area (Å²) in [5.41, 5.74) is 0.899. The molecule has 1 aromatic rings. The zero-order valence-electron chi connectivity index (χ0n) is 10.3. The molecule has 0 unspecified atom stereocenters. The van der Waals surface area contributed by atoms with Gasteiger partial charge in [-0.15, -0.1) is 6.42 Å². The highest BCUT2D eigenvalue weighted by Gasteiger charge is 2.21. The topological polar surface area (TPSA) is 57.6 Å². The number of terminal acetylenes is 1. The summed E-state index contributed by atoms with van der Waals surface area (Å²) < 4.78 is 25.7. The van der Waals surface area contributed by atoms with Crippen LogP contribution >= 0.6 is 0 Å². The zero-order chi connectivity index (χ0) is 13.6. The maximum absolute atomic E-state index is 12.2. The Morgan fingerprint density at radius 1 is 1.33 bits per heavy atom. The van der Waals surface area contributed by atoms with E-state index in [1.54, 1.807) is 31.2 Å². The predicted molar refractivity (Wildman–Crippen MR) is 70.5 cm³/mol. The first-order valence-corrected chi connectivity index (χ1v) is 7.13. The third-order valence-electron chi connectivity index (χ3n) is 2.58. The fraction of sp³-hybridized carbons (Fsp3) is 0.385. The summed E-state index contributed by atoms with van der Waals surface area (Å²) in [6.07, 6.45) is 5.68. The molecule has 0 aliphatic heterocycles. The second-order valence-electron chi connectivity index (χ2n) is 3.75. The molecule has 0 amide bonds. The second kappa shape index (κ2) is 6.55. The Morgan fingerprint density at radius 3 is 2.39 bits per heavy atom. The SMILES string of the molecule is C#CCN(CC)S(=O)(=O)c1ccc(CCO)cc1. The Labute approximate surface area is 108 Å². The van der Waals surface area contributed by atoms with Crippen LogP contribution in [-0.2, 0) is 16.4 Å². The van der Waals surface area contributed by atoms with Crippen LogP contribution in [0.3, 0.4) is 0 Å². The molecule has 4 nitrogen and oxygen atoms in total. The summed E-state index contributed by atoms with van der Waals surface area (Å²) in [5.74, 6) is 2.34. The predicted octanol–water partition coefficient (Wildman–Crippen LogP) is 0.865. The monoisotopic (exact) mass is 267 g/mol.